The zero-order chi connectivity index (χ0) is 13.7. The van der Waals surface area contributed by atoms with E-state index in [1.54, 1.807) is 0 Å². The number of hydrogen-bond donors (Lipinski definition) is 1. The molecule has 2 unspecified atom stereocenters. The molecule has 1 aromatic heterocycles. The minimum Gasteiger partial charge on any atom is -0.309 e. The molecule has 0 fully saturated rings. The lowest BCUT2D eigenvalue weighted by atomic mass is 9.92. The van der Waals surface area contributed by atoms with Crippen molar-refractivity contribution in [2.75, 3.05) is 6.54 Å². The lowest BCUT2D eigenvalue weighted by Gasteiger charge is -2.24. The summed E-state index contributed by atoms with van der Waals surface area (Å²) in [5.74, 6) is 0.491. The minimum absolute atomic E-state index is 0.418. The second kappa shape index (κ2) is 6.88. The summed E-state index contributed by atoms with van der Waals surface area (Å²) >= 11 is 1.91. The van der Waals surface area contributed by atoms with Crippen molar-refractivity contribution in [2.45, 2.75) is 39.2 Å². The molecule has 0 aliphatic rings. The maximum atomic E-state index is 3.71. The number of aryl methyl sites for hydroxylation is 1. The summed E-state index contributed by atoms with van der Waals surface area (Å²) < 4.78 is 0. The largest absolute Gasteiger partial charge is 0.309 e. The molecule has 0 saturated heterocycles. The van der Waals surface area contributed by atoms with Crippen LogP contribution >= 0.6 is 11.3 Å². The molecule has 1 nitrogen and oxygen atoms in total. The Morgan fingerprint density at radius 3 is 2.42 bits per heavy atom. The highest BCUT2D eigenvalue weighted by atomic mass is 32.1. The van der Waals surface area contributed by atoms with E-state index < -0.39 is 0 Å². The topological polar surface area (TPSA) is 12.0 Å². The van der Waals surface area contributed by atoms with Gasteiger partial charge in [0.25, 0.3) is 0 Å². The van der Waals surface area contributed by atoms with Gasteiger partial charge in [-0.3, -0.25) is 0 Å². The molecule has 0 saturated carbocycles. The first kappa shape index (κ1) is 14.3. The first-order chi connectivity index (χ1) is 9.22. The van der Waals surface area contributed by atoms with Gasteiger partial charge in [-0.25, -0.2) is 0 Å². The summed E-state index contributed by atoms with van der Waals surface area (Å²) in [6, 6.07) is 15.7. The number of thiophene rings is 1. The highest BCUT2D eigenvalue weighted by Crippen LogP contribution is 2.34. The van der Waals surface area contributed by atoms with Crippen LogP contribution in [-0.2, 0) is 0 Å². The van der Waals surface area contributed by atoms with Crippen LogP contribution in [0.25, 0.3) is 0 Å². The molecule has 2 heteroatoms. The Labute approximate surface area is 120 Å². The van der Waals surface area contributed by atoms with Gasteiger partial charge in [0.15, 0.2) is 0 Å². The Bertz CT molecular complexity index is 489. The van der Waals surface area contributed by atoms with Crippen molar-refractivity contribution < 1.29 is 0 Å². The normalized spacial score (nSPS) is 14.3. The Balaban J connectivity index is 2.22. The molecule has 2 atom stereocenters. The summed E-state index contributed by atoms with van der Waals surface area (Å²) in [6.45, 7) is 7.78. The molecular weight excluding hydrogens is 250 g/mol. The fourth-order valence-electron chi connectivity index (χ4n) is 2.39. The monoisotopic (exact) mass is 273 g/mol. The molecule has 0 radical (unpaired) electrons. The number of nitrogens with one attached hydrogen (secondary N) is 1. The number of rotatable bonds is 6. The van der Waals surface area contributed by atoms with Crippen LogP contribution < -0.4 is 5.32 Å². The highest BCUT2D eigenvalue weighted by Gasteiger charge is 2.21. The molecule has 0 amide bonds. The third-order valence-corrected chi connectivity index (χ3v) is 4.59. The maximum absolute atomic E-state index is 3.71. The summed E-state index contributed by atoms with van der Waals surface area (Å²) in [7, 11) is 0. The van der Waals surface area contributed by atoms with Gasteiger partial charge in [-0.05, 0) is 37.6 Å². The molecule has 2 rings (SSSR count). The van der Waals surface area contributed by atoms with E-state index in [9.17, 15) is 0 Å². The molecule has 2 aromatic rings. The molecule has 1 aromatic carbocycles. The van der Waals surface area contributed by atoms with Crippen LogP contribution in [0.15, 0.2) is 42.5 Å². The Morgan fingerprint density at radius 1 is 1.11 bits per heavy atom. The predicted molar refractivity (Wildman–Crippen MR) is 84.9 cm³/mol. The van der Waals surface area contributed by atoms with Crippen LogP contribution in [0, 0.1) is 6.92 Å². The SMILES string of the molecule is CCCNC(c1ccc(C)s1)C(C)c1ccccc1. The predicted octanol–water partition coefficient (Wildman–Crippen LogP) is 4.90. The smallest absolute Gasteiger partial charge is 0.0481 e. The second-order valence-electron chi connectivity index (χ2n) is 5.08. The Morgan fingerprint density at radius 2 is 1.84 bits per heavy atom. The second-order valence-corrected chi connectivity index (χ2v) is 6.40. The Kier molecular flexibility index (Phi) is 5.17. The first-order valence-electron chi connectivity index (χ1n) is 7.07. The Hall–Kier alpha value is -1.12. The average molecular weight is 273 g/mol. The van der Waals surface area contributed by atoms with Crippen LogP contribution in [0.1, 0.15) is 47.5 Å². The fourth-order valence-corrected chi connectivity index (χ4v) is 3.45. The van der Waals surface area contributed by atoms with Gasteiger partial charge < -0.3 is 5.32 Å². The molecule has 1 heterocycles. The van der Waals surface area contributed by atoms with E-state index in [0.717, 1.165) is 6.54 Å². The third-order valence-electron chi connectivity index (χ3n) is 3.51. The van der Waals surface area contributed by atoms with Crippen molar-refractivity contribution in [2.24, 2.45) is 0 Å². The van der Waals surface area contributed by atoms with Gasteiger partial charge in [0, 0.05) is 21.7 Å². The summed E-state index contributed by atoms with van der Waals surface area (Å²) in [5, 5.41) is 3.71. The lowest BCUT2D eigenvalue weighted by molar-refractivity contribution is 0.473. The van der Waals surface area contributed by atoms with E-state index in [-0.39, 0.29) is 0 Å². The van der Waals surface area contributed by atoms with E-state index in [1.807, 2.05) is 11.3 Å². The van der Waals surface area contributed by atoms with Crippen LogP contribution in [0.5, 0.6) is 0 Å². The van der Waals surface area contributed by atoms with Crippen LogP contribution in [0.2, 0.25) is 0 Å². The highest BCUT2D eigenvalue weighted by molar-refractivity contribution is 7.12. The summed E-state index contributed by atoms with van der Waals surface area (Å²) in [4.78, 5) is 2.83. The van der Waals surface area contributed by atoms with Crippen LogP contribution in [0.4, 0.5) is 0 Å². The van der Waals surface area contributed by atoms with Crippen molar-refractivity contribution in [3.05, 3.63) is 57.8 Å². The fraction of sp³-hybridized carbons (Fsp3) is 0.412. The maximum Gasteiger partial charge on any atom is 0.0481 e. The number of hydrogen-bond acceptors (Lipinski definition) is 2. The van der Waals surface area contributed by atoms with Gasteiger partial charge in [-0.1, -0.05) is 44.2 Å². The molecule has 0 aliphatic carbocycles. The van der Waals surface area contributed by atoms with Crippen molar-refractivity contribution in [3.63, 3.8) is 0 Å². The quantitative estimate of drug-likeness (QED) is 0.789. The lowest BCUT2D eigenvalue weighted by Crippen LogP contribution is -2.26. The molecule has 0 spiro atoms. The third kappa shape index (κ3) is 3.68. The molecule has 1 N–H and O–H groups in total. The van der Waals surface area contributed by atoms with Gasteiger partial charge in [-0.15, -0.1) is 11.3 Å². The van der Waals surface area contributed by atoms with Gasteiger partial charge in [0.1, 0.15) is 0 Å². The van der Waals surface area contributed by atoms with E-state index in [4.69, 9.17) is 0 Å². The van der Waals surface area contributed by atoms with Gasteiger partial charge in [0.05, 0.1) is 0 Å². The van der Waals surface area contributed by atoms with Crippen LogP contribution in [0.3, 0.4) is 0 Å². The van der Waals surface area contributed by atoms with Crippen molar-refractivity contribution in [1.29, 1.82) is 0 Å². The van der Waals surface area contributed by atoms with Crippen molar-refractivity contribution in [3.8, 4) is 0 Å². The first-order valence-corrected chi connectivity index (χ1v) is 7.88. The van der Waals surface area contributed by atoms with E-state index >= 15 is 0 Å². The van der Waals surface area contributed by atoms with Crippen molar-refractivity contribution in [1.82, 2.24) is 5.32 Å². The molecule has 102 valence electrons. The summed E-state index contributed by atoms with van der Waals surface area (Å²) in [5.41, 5.74) is 1.40. The standard InChI is InChI=1S/C17H23NS/c1-4-12-18-17(16-11-10-13(2)19-16)14(3)15-8-6-5-7-9-15/h5-11,14,17-18H,4,12H2,1-3H3. The zero-order valence-electron chi connectivity index (χ0n) is 12.0. The summed E-state index contributed by atoms with van der Waals surface area (Å²) in [6.07, 6.45) is 1.17. The molecule has 19 heavy (non-hydrogen) atoms. The average Bonchev–Trinajstić information content (AvgIpc) is 2.86. The van der Waals surface area contributed by atoms with Gasteiger partial charge in [-0.2, -0.15) is 0 Å². The van der Waals surface area contributed by atoms with E-state index in [2.05, 4.69) is 68.6 Å². The van der Waals surface area contributed by atoms with E-state index in [1.165, 1.54) is 21.7 Å². The molecule has 0 bridgehead atoms. The minimum atomic E-state index is 0.418. The molecular formula is C17H23NS. The number of benzene rings is 1. The zero-order valence-corrected chi connectivity index (χ0v) is 12.8. The van der Waals surface area contributed by atoms with Gasteiger partial charge >= 0.3 is 0 Å². The molecule has 0 aliphatic heterocycles. The van der Waals surface area contributed by atoms with Crippen molar-refractivity contribution >= 4 is 11.3 Å². The van der Waals surface area contributed by atoms with E-state index in [0.29, 0.717) is 12.0 Å². The van der Waals surface area contributed by atoms with Crippen LogP contribution in [-0.4, -0.2) is 6.54 Å². The van der Waals surface area contributed by atoms with Gasteiger partial charge in [0.2, 0.25) is 0 Å².